The zero-order chi connectivity index (χ0) is 11.8. The summed E-state index contributed by atoms with van der Waals surface area (Å²) >= 11 is 0. The van der Waals surface area contributed by atoms with Crippen molar-refractivity contribution in [1.82, 2.24) is 0 Å². The van der Waals surface area contributed by atoms with E-state index < -0.39 is 0 Å². The van der Waals surface area contributed by atoms with Gasteiger partial charge in [-0.05, 0) is 11.5 Å². The van der Waals surface area contributed by atoms with Crippen LogP contribution in [0.3, 0.4) is 0 Å². The van der Waals surface area contributed by atoms with Gasteiger partial charge >= 0.3 is 0 Å². The third kappa shape index (κ3) is 1.86. The normalized spacial score (nSPS) is 29.2. The van der Waals surface area contributed by atoms with Gasteiger partial charge in [0.05, 0.1) is 0 Å². The Kier molecular flexibility index (Phi) is 2.56. The predicted molar refractivity (Wildman–Crippen MR) is 64.1 cm³/mol. The highest BCUT2D eigenvalue weighted by atomic mass is 16.6. The Morgan fingerprint density at radius 2 is 1.94 bits per heavy atom. The summed E-state index contributed by atoms with van der Waals surface area (Å²) in [4.78, 5) is 4.27. The molecular weight excluding hydrogens is 202 g/mol. The number of ether oxygens (including phenoxy) is 2. The van der Waals surface area contributed by atoms with E-state index in [-0.39, 0.29) is 10.8 Å². The smallest absolute Gasteiger partial charge is 0.256 e. The van der Waals surface area contributed by atoms with E-state index in [1.54, 1.807) is 0 Å². The molecule has 88 valence electrons. The lowest BCUT2D eigenvalue weighted by Gasteiger charge is -2.37. The van der Waals surface area contributed by atoms with E-state index in [4.69, 9.17) is 9.47 Å². The van der Waals surface area contributed by atoms with Crippen molar-refractivity contribution in [2.45, 2.75) is 27.7 Å². The minimum Gasteiger partial charge on any atom is -0.485 e. The lowest BCUT2D eigenvalue weighted by Crippen LogP contribution is -2.30. The van der Waals surface area contributed by atoms with Crippen LogP contribution in [-0.2, 0) is 9.47 Å². The fourth-order valence-corrected chi connectivity index (χ4v) is 1.67. The van der Waals surface area contributed by atoms with Crippen molar-refractivity contribution in [3.63, 3.8) is 0 Å². The fourth-order valence-electron chi connectivity index (χ4n) is 1.67. The van der Waals surface area contributed by atoms with Crippen molar-refractivity contribution in [3.05, 3.63) is 24.1 Å². The minimum atomic E-state index is -0.0751. The highest BCUT2D eigenvalue weighted by molar-refractivity contribution is 5.93. The van der Waals surface area contributed by atoms with Gasteiger partial charge < -0.3 is 9.47 Å². The lowest BCUT2D eigenvalue weighted by atomic mass is 9.67. The molecule has 2 heterocycles. The highest BCUT2D eigenvalue weighted by Gasteiger charge is 2.36. The summed E-state index contributed by atoms with van der Waals surface area (Å²) in [5, 5.41) is 0. The maximum absolute atomic E-state index is 5.62. The molecule has 3 heteroatoms. The first-order valence-corrected chi connectivity index (χ1v) is 5.67. The number of aliphatic imine (C=N–C) groups is 1. The third-order valence-corrected chi connectivity index (χ3v) is 3.45. The number of hydrogen-bond acceptors (Lipinski definition) is 3. The molecule has 0 aromatic carbocycles. The summed E-state index contributed by atoms with van der Waals surface area (Å²) in [7, 11) is 0. The Balaban J connectivity index is 2.40. The monoisotopic (exact) mass is 221 g/mol. The first-order valence-electron chi connectivity index (χ1n) is 5.67. The van der Waals surface area contributed by atoms with Gasteiger partial charge in [0.25, 0.3) is 5.90 Å². The number of nitrogens with zero attached hydrogens (tertiary/aromatic N) is 1. The van der Waals surface area contributed by atoms with E-state index in [0.29, 0.717) is 19.1 Å². The molecular formula is C13H19NO2. The van der Waals surface area contributed by atoms with Gasteiger partial charge in [0.15, 0.2) is 5.76 Å². The van der Waals surface area contributed by atoms with E-state index in [1.165, 1.54) is 0 Å². The molecule has 1 atom stereocenters. The molecule has 0 saturated carbocycles. The first-order chi connectivity index (χ1) is 7.42. The molecule has 0 radical (unpaired) electrons. The molecule has 2 aliphatic rings. The van der Waals surface area contributed by atoms with Crippen molar-refractivity contribution in [3.8, 4) is 0 Å². The lowest BCUT2D eigenvalue weighted by molar-refractivity contribution is 0.112. The summed E-state index contributed by atoms with van der Waals surface area (Å²) < 4.78 is 11.1. The standard InChI is InChI=1S/C13H19NO2/c1-12(2,3)13(4)5-6-14-11-10(9-13)15-7-8-16-11/h5-6,9H,7-8H2,1-4H3. The molecule has 2 aliphatic heterocycles. The molecule has 3 nitrogen and oxygen atoms in total. The van der Waals surface area contributed by atoms with Crippen LogP contribution in [0.1, 0.15) is 27.7 Å². The maximum atomic E-state index is 5.62. The zero-order valence-electron chi connectivity index (χ0n) is 10.4. The average molecular weight is 221 g/mol. The summed E-state index contributed by atoms with van der Waals surface area (Å²) in [6, 6.07) is 0. The summed E-state index contributed by atoms with van der Waals surface area (Å²) in [6.07, 6.45) is 6.05. The molecule has 1 fully saturated rings. The molecule has 1 unspecified atom stereocenters. The molecule has 0 N–H and O–H groups in total. The van der Waals surface area contributed by atoms with Gasteiger partial charge in [0.1, 0.15) is 13.2 Å². The SMILES string of the molecule is CC(C)(C)C1(C)C=CN=C2OCCOC2=C1. The minimum absolute atomic E-state index is 0.0751. The Bertz CT molecular complexity index is 374. The number of hydrogen-bond donors (Lipinski definition) is 0. The molecule has 1 saturated heterocycles. The summed E-state index contributed by atoms with van der Waals surface area (Å²) in [5.41, 5.74) is 0.0383. The van der Waals surface area contributed by atoms with E-state index in [9.17, 15) is 0 Å². The van der Waals surface area contributed by atoms with Crippen LogP contribution in [0.4, 0.5) is 0 Å². The van der Waals surface area contributed by atoms with Gasteiger partial charge in [-0.25, -0.2) is 4.99 Å². The number of rotatable bonds is 0. The topological polar surface area (TPSA) is 30.8 Å². The van der Waals surface area contributed by atoms with E-state index >= 15 is 0 Å². The van der Waals surface area contributed by atoms with Crippen molar-refractivity contribution in [2.24, 2.45) is 15.8 Å². The van der Waals surface area contributed by atoms with Gasteiger partial charge in [0.2, 0.25) is 0 Å². The van der Waals surface area contributed by atoms with E-state index in [0.717, 1.165) is 5.76 Å². The Morgan fingerprint density at radius 1 is 1.25 bits per heavy atom. The van der Waals surface area contributed by atoms with Crippen molar-refractivity contribution < 1.29 is 9.47 Å². The molecule has 2 rings (SSSR count). The molecule has 0 aromatic heterocycles. The maximum Gasteiger partial charge on any atom is 0.256 e. The van der Waals surface area contributed by atoms with E-state index in [2.05, 4.69) is 44.8 Å². The van der Waals surface area contributed by atoms with Crippen LogP contribution >= 0.6 is 0 Å². The highest BCUT2D eigenvalue weighted by Crippen LogP contribution is 2.43. The second kappa shape index (κ2) is 3.65. The van der Waals surface area contributed by atoms with Crippen LogP contribution in [0.15, 0.2) is 29.1 Å². The van der Waals surface area contributed by atoms with Gasteiger partial charge in [-0.1, -0.05) is 33.8 Å². The van der Waals surface area contributed by atoms with E-state index in [1.807, 2.05) is 6.20 Å². The van der Waals surface area contributed by atoms with Crippen LogP contribution in [0.5, 0.6) is 0 Å². The second-order valence-electron chi connectivity index (χ2n) is 5.49. The van der Waals surface area contributed by atoms with Crippen molar-refractivity contribution in [2.75, 3.05) is 13.2 Å². The fraction of sp³-hybridized carbons (Fsp3) is 0.615. The Morgan fingerprint density at radius 3 is 2.62 bits per heavy atom. The molecule has 0 spiro atoms. The largest absolute Gasteiger partial charge is 0.485 e. The van der Waals surface area contributed by atoms with Gasteiger partial charge in [-0.15, -0.1) is 0 Å². The summed E-state index contributed by atoms with van der Waals surface area (Å²) in [5.74, 6) is 1.38. The third-order valence-electron chi connectivity index (χ3n) is 3.45. The molecule has 16 heavy (non-hydrogen) atoms. The van der Waals surface area contributed by atoms with Crippen LogP contribution in [0, 0.1) is 10.8 Å². The van der Waals surface area contributed by atoms with Crippen LogP contribution < -0.4 is 0 Å². The molecule has 0 aliphatic carbocycles. The molecule has 0 amide bonds. The summed E-state index contributed by atoms with van der Waals surface area (Å²) in [6.45, 7) is 10.0. The van der Waals surface area contributed by atoms with Gasteiger partial charge in [-0.2, -0.15) is 0 Å². The van der Waals surface area contributed by atoms with Crippen LogP contribution in [-0.4, -0.2) is 19.1 Å². The van der Waals surface area contributed by atoms with Crippen LogP contribution in [0.2, 0.25) is 0 Å². The average Bonchev–Trinajstić information content (AvgIpc) is 2.35. The first kappa shape index (κ1) is 11.2. The zero-order valence-corrected chi connectivity index (χ0v) is 10.4. The number of allylic oxidation sites excluding steroid dienone is 2. The number of fused-ring (bicyclic) bond motifs is 1. The van der Waals surface area contributed by atoms with Crippen molar-refractivity contribution in [1.29, 1.82) is 0 Å². The predicted octanol–water partition coefficient (Wildman–Crippen LogP) is 2.90. The Hall–Kier alpha value is -1.25. The Labute approximate surface area is 96.9 Å². The quantitative estimate of drug-likeness (QED) is 0.629. The van der Waals surface area contributed by atoms with Gasteiger partial charge in [-0.3, -0.25) is 0 Å². The molecule has 0 aromatic rings. The van der Waals surface area contributed by atoms with Crippen LogP contribution in [0.25, 0.3) is 0 Å². The van der Waals surface area contributed by atoms with Gasteiger partial charge in [0, 0.05) is 11.6 Å². The second-order valence-corrected chi connectivity index (χ2v) is 5.49. The molecule has 0 bridgehead atoms. The van der Waals surface area contributed by atoms with Crippen molar-refractivity contribution >= 4 is 5.90 Å².